The third-order valence-corrected chi connectivity index (χ3v) is 10.2. The lowest BCUT2D eigenvalue weighted by Gasteiger charge is -2.41. The number of aromatic nitrogens is 2. The summed E-state index contributed by atoms with van der Waals surface area (Å²) in [4.78, 5) is -0.0206. The molecule has 9 heteroatoms. The highest BCUT2D eigenvalue weighted by atomic mass is 32.2. The average Bonchev–Trinajstić information content (AvgIpc) is 3.22. The van der Waals surface area contributed by atoms with Crippen LogP contribution < -0.4 is 0 Å². The number of hydrogen-bond donors (Lipinski definition) is 0. The third kappa shape index (κ3) is 3.31. The highest BCUT2D eigenvalue weighted by molar-refractivity contribution is 7.89. The fourth-order valence-corrected chi connectivity index (χ4v) is 7.88. The average molecular weight is 509 g/mol. The molecule has 2 atom stereocenters. The summed E-state index contributed by atoms with van der Waals surface area (Å²) in [5.74, 6) is -1.37. The molecule has 0 N–H and O–H groups in total. The van der Waals surface area contributed by atoms with Gasteiger partial charge in [-0.1, -0.05) is 39.0 Å². The number of benzene rings is 2. The summed E-state index contributed by atoms with van der Waals surface area (Å²) >= 11 is 0. The molecule has 1 fully saturated rings. The van der Waals surface area contributed by atoms with Gasteiger partial charge >= 0.3 is 0 Å². The first-order valence-electron chi connectivity index (χ1n) is 11.9. The van der Waals surface area contributed by atoms with Gasteiger partial charge in [0.2, 0.25) is 10.0 Å². The number of likely N-dealkylation sites (N-methyl/N-ethyl adjacent to an activating group) is 1. The van der Waals surface area contributed by atoms with Crippen LogP contribution in [-0.4, -0.2) is 36.0 Å². The number of hydrogen-bond acceptors (Lipinski definition) is 5. The van der Waals surface area contributed by atoms with Gasteiger partial charge in [0.25, 0.3) is 0 Å². The molecule has 0 saturated heterocycles. The number of nitrogens with zero attached hydrogens (tertiary/aromatic N) is 4. The van der Waals surface area contributed by atoms with E-state index in [2.05, 4.69) is 24.0 Å². The van der Waals surface area contributed by atoms with Gasteiger partial charge in [-0.25, -0.2) is 17.2 Å². The molecule has 2 aliphatic rings. The second-order valence-corrected chi connectivity index (χ2v) is 12.0. The largest absolute Gasteiger partial charge is 0.244 e. The zero-order chi connectivity index (χ0) is 25.9. The number of nitriles is 1. The monoisotopic (exact) mass is 508 g/mol. The molecule has 2 aliphatic carbocycles. The van der Waals surface area contributed by atoms with E-state index in [1.54, 1.807) is 25.1 Å². The Bertz CT molecular complexity index is 1500. The first-order chi connectivity index (χ1) is 17.1. The van der Waals surface area contributed by atoms with Crippen molar-refractivity contribution in [2.24, 2.45) is 5.41 Å². The van der Waals surface area contributed by atoms with E-state index in [1.165, 1.54) is 34.6 Å². The fraction of sp³-hybridized carbons (Fsp3) is 0.370. The molecule has 2 aromatic carbocycles. The highest BCUT2D eigenvalue weighted by Crippen LogP contribution is 2.67. The van der Waals surface area contributed by atoms with E-state index in [9.17, 15) is 22.5 Å². The van der Waals surface area contributed by atoms with Gasteiger partial charge in [0.1, 0.15) is 17.7 Å². The Morgan fingerprint density at radius 1 is 1.11 bits per heavy atom. The summed E-state index contributed by atoms with van der Waals surface area (Å²) in [6, 6.07) is 13.6. The zero-order valence-corrected chi connectivity index (χ0v) is 21.1. The summed E-state index contributed by atoms with van der Waals surface area (Å²) in [6.45, 7) is 6.35. The lowest BCUT2D eigenvalue weighted by molar-refractivity contribution is 0.169. The lowest BCUT2D eigenvalue weighted by Crippen LogP contribution is -2.48. The van der Waals surface area contributed by atoms with E-state index >= 15 is 0 Å². The van der Waals surface area contributed by atoms with E-state index in [-0.39, 0.29) is 46.1 Å². The van der Waals surface area contributed by atoms with Crippen LogP contribution in [0.3, 0.4) is 0 Å². The standard InChI is InChI=1S/C27H26F2N4O2S/c1-4-33(36(34,35)23-11-6-5-8-17(23)15-30)16-27-13-12-19(26(27,2)3)18-14-22(31-32-25(18)27)24-20(28)9-7-10-21(24)29/h5-11,14,19H,4,12-13,16H2,1-3H3/t19-,27-/m0/s1. The fourth-order valence-electron chi connectivity index (χ4n) is 6.23. The van der Waals surface area contributed by atoms with E-state index in [0.29, 0.717) is 12.1 Å². The maximum Gasteiger partial charge on any atom is 0.244 e. The van der Waals surface area contributed by atoms with Crippen LogP contribution >= 0.6 is 0 Å². The van der Waals surface area contributed by atoms with Gasteiger partial charge in [-0.05, 0) is 60.1 Å². The number of sulfonamides is 1. The Morgan fingerprint density at radius 2 is 1.81 bits per heavy atom. The number of halogens is 2. The summed E-state index contributed by atoms with van der Waals surface area (Å²) in [5, 5.41) is 18.2. The molecule has 0 unspecified atom stereocenters. The predicted octanol–water partition coefficient (Wildman–Crippen LogP) is 5.16. The van der Waals surface area contributed by atoms with Crippen molar-refractivity contribution >= 4 is 10.0 Å². The van der Waals surface area contributed by atoms with Gasteiger partial charge in [0.15, 0.2) is 0 Å². The Morgan fingerprint density at radius 3 is 2.47 bits per heavy atom. The quantitative estimate of drug-likeness (QED) is 0.459. The molecule has 0 radical (unpaired) electrons. The summed E-state index contributed by atoms with van der Waals surface area (Å²) in [6.07, 6.45) is 1.52. The second-order valence-electron chi connectivity index (χ2n) is 10.1. The lowest BCUT2D eigenvalue weighted by atomic mass is 9.68. The van der Waals surface area contributed by atoms with E-state index in [0.717, 1.165) is 12.0 Å². The molecule has 5 rings (SSSR count). The Hall–Kier alpha value is -3.22. The molecule has 3 aromatic rings. The molecule has 2 bridgehead atoms. The molecule has 6 nitrogen and oxygen atoms in total. The summed E-state index contributed by atoms with van der Waals surface area (Å²) in [5.41, 5.74) is 0.570. The molecule has 1 saturated carbocycles. The second kappa shape index (κ2) is 8.43. The minimum absolute atomic E-state index is 0.0206. The highest BCUT2D eigenvalue weighted by Gasteiger charge is 2.64. The molecule has 36 heavy (non-hydrogen) atoms. The Labute approximate surface area is 209 Å². The van der Waals surface area contributed by atoms with Gasteiger partial charge in [-0.3, -0.25) is 0 Å². The van der Waals surface area contributed by atoms with Gasteiger partial charge in [-0.2, -0.15) is 19.8 Å². The SMILES string of the molecule is CCN(C[C@@]12CC[C@@H](c3cc(-c4c(F)cccc4F)nnc31)C2(C)C)S(=O)(=O)c1ccccc1C#N. The van der Waals surface area contributed by atoms with Crippen molar-refractivity contribution in [2.45, 2.75) is 49.8 Å². The van der Waals surface area contributed by atoms with Gasteiger partial charge < -0.3 is 0 Å². The van der Waals surface area contributed by atoms with Gasteiger partial charge in [-0.15, -0.1) is 0 Å². The van der Waals surface area contributed by atoms with Gasteiger partial charge in [0.05, 0.1) is 27.4 Å². The smallest absolute Gasteiger partial charge is 0.207 e. The molecular formula is C27H26F2N4O2S. The minimum atomic E-state index is -3.96. The van der Waals surface area contributed by atoms with Crippen LogP contribution in [0.1, 0.15) is 56.4 Å². The van der Waals surface area contributed by atoms with Crippen LogP contribution in [0.2, 0.25) is 0 Å². The summed E-state index contributed by atoms with van der Waals surface area (Å²) in [7, 11) is -3.96. The van der Waals surface area contributed by atoms with E-state index in [4.69, 9.17) is 0 Å². The molecule has 1 aromatic heterocycles. The normalized spacial score (nSPS) is 22.0. The zero-order valence-electron chi connectivity index (χ0n) is 20.3. The first-order valence-corrected chi connectivity index (χ1v) is 13.3. The molecule has 1 heterocycles. The first kappa shape index (κ1) is 24.5. The third-order valence-electron chi connectivity index (χ3n) is 8.26. The minimum Gasteiger partial charge on any atom is -0.207 e. The molecular weight excluding hydrogens is 482 g/mol. The van der Waals surface area contributed by atoms with Crippen LogP contribution in [0.5, 0.6) is 0 Å². The van der Waals surface area contributed by atoms with Crippen LogP contribution in [0, 0.1) is 28.4 Å². The Balaban J connectivity index is 1.60. The van der Waals surface area contributed by atoms with Crippen molar-refractivity contribution in [1.82, 2.24) is 14.5 Å². The predicted molar refractivity (Wildman–Crippen MR) is 130 cm³/mol. The topological polar surface area (TPSA) is 87.0 Å². The van der Waals surface area contributed by atoms with Crippen LogP contribution in [-0.2, 0) is 15.4 Å². The molecule has 0 spiro atoms. The maximum absolute atomic E-state index is 14.5. The van der Waals surface area contributed by atoms with Crippen molar-refractivity contribution in [1.29, 1.82) is 5.26 Å². The van der Waals surface area contributed by atoms with Crippen molar-refractivity contribution < 1.29 is 17.2 Å². The maximum atomic E-state index is 14.5. The summed E-state index contributed by atoms with van der Waals surface area (Å²) < 4.78 is 57.7. The van der Waals surface area contributed by atoms with Crippen molar-refractivity contribution in [3.8, 4) is 17.3 Å². The van der Waals surface area contributed by atoms with Crippen molar-refractivity contribution in [3.05, 3.63) is 77.0 Å². The number of fused-ring (bicyclic) bond motifs is 5. The van der Waals surface area contributed by atoms with E-state index in [1.807, 2.05) is 6.07 Å². The van der Waals surface area contributed by atoms with Crippen LogP contribution in [0.4, 0.5) is 8.78 Å². The van der Waals surface area contributed by atoms with Crippen molar-refractivity contribution in [2.75, 3.05) is 13.1 Å². The van der Waals surface area contributed by atoms with Crippen LogP contribution in [0.25, 0.3) is 11.3 Å². The van der Waals surface area contributed by atoms with Crippen LogP contribution in [0.15, 0.2) is 53.4 Å². The van der Waals surface area contributed by atoms with Crippen molar-refractivity contribution in [3.63, 3.8) is 0 Å². The number of rotatable bonds is 6. The van der Waals surface area contributed by atoms with E-state index < -0.39 is 27.1 Å². The Kier molecular flexibility index (Phi) is 5.73. The molecule has 0 amide bonds. The van der Waals surface area contributed by atoms with Gasteiger partial charge in [0, 0.05) is 18.5 Å². The molecule has 186 valence electrons. The molecule has 0 aliphatic heterocycles.